The van der Waals surface area contributed by atoms with E-state index in [0.29, 0.717) is 6.54 Å². The highest BCUT2D eigenvalue weighted by atomic mass is 32.2. The lowest BCUT2D eigenvalue weighted by atomic mass is 10.2. The van der Waals surface area contributed by atoms with E-state index in [0.717, 1.165) is 54.0 Å². The van der Waals surface area contributed by atoms with Gasteiger partial charge >= 0.3 is 0 Å². The van der Waals surface area contributed by atoms with Gasteiger partial charge in [0, 0.05) is 36.9 Å². The highest BCUT2D eigenvalue weighted by Gasteiger charge is 2.06. The van der Waals surface area contributed by atoms with Crippen molar-refractivity contribution in [3.8, 4) is 11.5 Å². The van der Waals surface area contributed by atoms with Gasteiger partial charge in [-0.3, -0.25) is 0 Å². The molecule has 0 unspecified atom stereocenters. The monoisotopic (exact) mass is 377 g/mol. The van der Waals surface area contributed by atoms with Crippen molar-refractivity contribution in [2.75, 3.05) is 39.3 Å². The van der Waals surface area contributed by atoms with Crippen LogP contribution in [0.25, 0.3) is 0 Å². The van der Waals surface area contributed by atoms with E-state index in [4.69, 9.17) is 13.9 Å². The summed E-state index contributed by atoms with van der Waals surface area (Å²) < 4.78 is 16.0. The van der Waals surface area contributed by atoms with Crippen LogP contribution in [0.3, 0.4) is 0 Å². The van der Waals surface area contributed by atoms with Crippen LogP contribution in [0.1, 0.15) is 11.3 Å². The number of nitrogens with one attached hydrogen (secondary N) is 2. The molecule has 6 nitrogen and oxygen atoms in total. The second kappa shape index (κ2) is 11.4. The molecule has 2 N–H and O–H groups in total. The van der Waals surface area contributed by atoms with Gasteiger partial charge in [-0.2, -0.15) is 11.8 Å². The van der Waals surface area contributed by atoms with Crippen molar-refractivity contribution >= 4 is 17.7 Å². The third kappa shape index (κ3) is 6.55. The minimum absolute atomic E-state index is 0.516. The van der Waals surface area contributed by atoms with Crippen LogP contribution in [0.2, 0.25) is 0 Å². The Morgan fingerprint density at radius 2 is 2.00 bits per heavy atom. The van der Waals surface area contributed by atoms with E-state index in [1.54, 1.807) is 32.2 Å². The summed E-state index contributed by atoms with van der Waals surface area (Å²) in [5.74, 6) is 4.29. The molecule has 0 saturated carbocycles. The quantitative estimate of drug-likeness (QED) is 0.377. The van der Waals surface area contributed by atoms with Crippen LogP contribution >= 0.6 is 11.8 Å². The molecule has 7 heteroatoms. The molecule has 0 bridgehead atoms. The summed E-state index contributed by atoms with van der Waals surface area (Å²) in [4.78, 5) is 4.68. The Morgan fingerprint density at radius 1 is 1.15 bits per heavy atom. The number of rotatable bonds is 10. The minimum atomic E-state index is 0.516. The van der Waals surface area contributed by atoms with Gasteiger partial charge in [0.05, 0.1) is 27.0 Å². The van der Waals surface area contributed by atoms with Gasteiger partial charge in [-0.05, 0) is 30.5 Å². The SMILES string of the molecule is COc1ccc(CN=C(NCCSC)NCCc2ccco2)c(OC)c1. The average Bonchev–Trinajstić information content (AvgIpc) is 3.19. The van der Waals surface area contributed by atoms with Crippen molar-refractivity contribution in [3.63, 3.8) is 0 Å². The lowest BCUT2D eigenvalue weighted by molar-refractivity contribution is 0.391. The number of guanidine groups is 1. The highest BCUT2D eigenvalue weighted by Crippen LogP contribution is 2.25. The number of methoxy groups -OCH3 is 2. The summed E-state index contributed by atoms with van der Waals surface area (Å²) in [7, 11) is 3.30. The van der Waals surface area contributed by atoms with Crippen LogP contribution in [-0.4, -0.2) is 45.3 Å². The Kier molecular flexibility index (Phi) is 8.75. The maximum atomic E-state index is 5.44. The molecule has 142 valence electrons. The van der Waals surface area contributed by atoms with Gasteiger partial charge in [0.25, 0.3) is 0 Å². The third-order valence-corrected chi connectivity index (χ3v) is 4.36. The normalized spacial score (nSPS) is 11.3. The van der Waals surface area contributed by atoms with Crippen molar-refractivity contribution in [3.05, 3.63) is 47.9 Å². The number of benzene rings is 1. The molecule has 0 amide bonds. The summed E-state index contributed by atoms with van der Waals surface area (Å²) in [5.41, 5.74) is 1.00. The molecule has 1 heterocycles. The van der Waals surface area contributed by atoms with Crippen LogP contribution in [0.4, 0.5) is 0 Å². The summed E-state index contributed by atoms with van der Waals surface area (Å²) >= 11 is 1.80. The van der Waals surface area contributed by atoms with Gasteiger partial charge in [0.2, 0.25) is 0 Å². The molecule has 1 aromatic carbocycles. The zero-order chi connectivity index (χ0) is 18.6. The fourth-order valence-corrected chi connectivity index (χ4v) is 2.66. The highest BCUT2D eigenvalue weighted by molar-refractivity contribution is 7.98. The van der Waals surface area contributed by atoms with Crippen LogP contribution in [-0.2, 0) is 13.0 Å². The van der Waals surface area contributed by atoms with Crippen molar-refractivity contribution in [1.82, 2.24) is 10.6 Å². The summed E-state index contributed by atoms with van der Waals surface area (Å²) in [6, 6.07) is 9.64. The van der Waals surface area contributed by atoms with E-state index in [9.17, 15) is 0 Å². The van der Waals surface area contributed by atoms with Crippen molar-refractivity contribution < 1.29 is 13.9 Å². The number of ether oxygens (including phenoxy) is 2. The number of thioether (sulfide) groups is 1. The Hall–Kier alpha value is -2.28. The van der Waals surface area contributed by atoms with Gasteiger partial charge in [-0.25, -0.2) is 4.99 Å². The Bertz CT molecular complexity index is 675. The molecule has 0 aliphatic rings. The first kappa shape index (κ1) is 20.0. The molecule has 1 aromatic heterocycles. The lowest BCUT2D eigenvalue weighted by Crippen LogP contribution is -2.39. The predicted octanol–water partition coefficient (Wildman–Crippen LogP) is 2.94. The van der Waals surface area contributed by atoms with Gasteiger partial charge in [-0.1, -0.05) is 0 Å². The number of hydrogen-bond acceptors (Lipinski definition) is 5. The van der Waals surface area contributed by atoms with Crippen LogP contribution in [0.15, 0.2) is 46.0 Å². The molecule has 0 aliphatic carbocycles. The first-order valence-corrected chi connectivity index (χ1v) is 9.90. The van der Waals surface area contributed by atoms with E-state index in [2.05, 4.69) is 21.9 Å². The Labute approximate surface area is 159 Å². The molecule has 0 spiro atoms. The Balaban J connectivity index is 1.98. The molecular weight excluding hydrogens is 350 g/mol. The smallest absolute Gasteiger partial charge is 0.191 e. The molecule has 0 radical (unpaired) electrons. The maximum Gasteiger partial charge on any atom is 0.191 e. The Morgan fingerprint density at radius 3 is 2.69 bits per heavy atom. The largest absolute Gasteiger partial charge is 0.497 e. The van der Waals surface area contributed by atoms with Crippen molar-refractivity contribution in [2.45, 2.75) is 13.0 Å². The number of furan rings is 1. The molecule has 26 heavy (non-hydrogen) atoms. The zero-order valence-corrected chi connectivity index (χ0v) is 16.4. The van der Waals surface area contributed by atoms with Gasteiger partial charge in [-0.15, -0.1) is 0 Å². The third-order valence-electron chi connectivity index (χ3n) is 3.74. The van der Waals surface area contributed by atoms with Gasteiger partial charge < -0.3 is 24.5 Å². The molecule has 2 rings (SSSR count). The van der Waals surface area contributed by atoms with Crippen molar-refractivity contribution in [1.29, 1.82) is 0 Å². The molecular formula is C19H27N3O3S. The molecule has 0 fully saturated rings. The molecule has 0 atom stereocenters. The molecule has 2 aromatic rings. The van der Waals surface area contributed by atoms with E-state index in [1.165, 1.54) is 0 Å². The second-order valence-corrected chi connectivity index (χ2v) is 6.50. The first-order chi connectivity index (χ1) is 12.8. The molecule has 0 aliphatic heterocycles. The standard InChI is InChI=1S/C19H27N3O3S/c1-23-17-7-6-15(18(13-17)24-2)14-22-19(21-10-12-26-3)20-9-8-16-5-4-11-25-16/h4-7,11,13H,8-10,12,14H2,1-3H3,(H2,20,21,22). The second-order valence-electron chi connectivity index (χ2n) is 5.52. The summed E-state index contributed by atoms with van der Waals surface area (Å²) in [6.07, 6.45) is 4.59. The van der Waals surface area contributed by atoms with Crippen LogP contribution in [0.5, 0.6) is 11.5 Å². The van der Waals surface area contributed by atoms with E-state index < -0.39 is 0 Å². The lowest BCUT2D eigenvalue weighted by Gasteiger charge is -2.13. The van der Waals surface area contributed by atoms with Crippen molar-refractivity contribution in [2.24, 2.45) is 4.99 Å². The first-order valence-electron chi connectivity index (χ1n) is 8.51. The van der Waals surface area contributed by atoms with E-state index in [1.807, 2.05) is 30.3 Å². The number of nitrogens with zero attached hydrogens (tertiary/aromatic N) is 1. The van der Waals surface area contributed by atoms with Gasteiger partial charge in [0.1, 0.15) is 17.3 Å². The summed E-state index contributed by atoms with van der Waals surface area (Å²) in [5, 5.41) is 6.70. The molecule has 0 saturated heterocycles. The van der Waals surface area contributed by atoms with Gasteiger partial charge in [0.15, 0.2) is 5.96 Å². The van der Waals surface area contributed by atoms with E-state index in [-0.39, 0.29) is 0 Å². The van der Waals surface area contributed by atoms with Crippen LogP contribution < -0.4 is 20.1 Å². The number of aliphatic imine (C=N–C) groups is 1. The minimum Gasteiger partial charge on any atom is -0.497 e. The average molecular weight is 378 g/mol. The zero-order valence-electron chi connectivity index (χ0n) is 15.6. The van der Waals surface area contributed by atoms with E-state index >= 15 is 0 Å². The topological polar surface area (TPSA) is 68.0 Å². The van der Waals surface area contributed by atoms with Crippen LogP contribution in [0, 0.1) is 0 Å². The predicted molar refractivity (Wildman–Crippen MR) is 107 cm³/mol. The number of hydrogen-bond donors (Lipinski definition) is 2. The maximum absolute atomic E-state index is 5.44. The fraction of sp³-hybridized carbons (Fsp3) is 0.421. The fourth-order valence-electron chi connectivity index (χ4n) is 2.35. The summed E-state index contributed by atoms with van der Waals surface area (Å²) in [6.45, 7) is 2.12.